The zero-order valence-electron chi connectivity index (χ0n) is 18.1. The van der Waals surface area contributed by atoms with Gasteiger partial charge in [0, 0.05) is 44.2 Å². The van der Waals surface area contributed by atoms with Crippen LogP contribution in [0, 0.1) is 5.92 Å². The van der Waals surface area contributed by atoms with E-state index in [9.17, 15) is 0 Å². The van der Waals surface area contributed by atoms with Crippen molar-refractivity contribution in [1.29, 1.82) is 0 Å². The Morgan fingerprint density at radius 1 is 1.20 bits per heavy atom. The predicted octanol–water partition coefficient (Wildman–Crippen LogP) is 2.96. The summed E-state index contributed by atoms with van der Waals surface area (Å²) in [5.74, 6) is 2.54. The Labute approximate surface area is 184 Å². The lowest BCUT2D eigenvalue weighted by Gasteiger charge is -2.31. The van der Waals surface area contributed by atoms with Crippen LogP contribution in [0.25, 0.3) is 0 Å². The Kier molecular flexibility index (Phi) is 8.96. The molecule has 1 fully saturated rings. The summed E-state index contributed by atoms with van der Waals surface area (Å²) in [6, 6.07) is 8.14. The van der Waals surface area contributed by atoms with Gasteiger partial charge in [-0.2, -0.15) is 0 Å². The molecule has 0 amide bonds. The van der Waals surface area contributed by atoms with Crippen LogP contribution in [0.4, 0.5) is 0 Å². The maximum atomic E-state index is 6.31. The van der Waals surface area contributed by atoms with E-state index < -0.39 is 0 Å². The lowest BCUT2D eigenvalue weighted by Crippen LogP contribution is -2.40. The fourth-order valence-electron chi connectivity index (χ4n) is 3.79. The normalized spacial score (nSPS) is 16.0. The van der Waals surface area contributed by atoms with Crippen molar-refractivity contribution in [3.8, 4) is 0 Å². The summed E-state index contributed by atoms with van der Waals surface area (Å²) in [4.78, 5) is 7.33. The van der Waals surface area contributed by atoms with E-state index in [4.69, 9.17) is 16.6 Å². The minimum atomic E-state index is 0.632. The van der Waals surface area contributed by atoms with E-state index in [-0.39, 0.29) is 0 Å². The molecular formula is C22H34ClN7. The quantitative estimate of drug-likeness (QED) is 0.472. The average molecular weight is 432 g/mol. The number of aliphatic imine (C=N–C) groups is 1. The molecule has 0 aliphatic carbocycles. The third kappa shape index (κ3) is 6.71. The topological polar surface area (TPSA) is 70.4 Å². The molecule has 7 nitrogen and oxygen atoms in total. The molecule has 1 aliphatic rings. The number of nitrogens with zero attached hydrogens (tertiary/aromatic N) is 5. The average Bonchev–Trinajstić information content (AvgIpc) is 3.22. The molecule has 30 heavy (non-hydrogen) atoms. The first-order valence-corrected chi connectivity index (χ1v) is 11.4. The molecule has 0 spiro atoms. The molecular weight excluding hydrogens is 398 g/mol. The summed E-state index contributed by atoms with van der Waals surface area (Å²) >= 11 is 6.31. The number of nitrogens with one attached hydrogen (secondary N) is 2. The molecule has 0 bridgehead atoms. The molecule has 164 valence electrons. The van der Waals surface area contributed by atoms with E-state index in [1.54, 1.807) is 6.33 Å². The van der Waals surface area contributed by atoms with Gasteiger partial charge in [0.15, 0.2) is 5.96 Å². The standard InChI is InChI=1S/C22H34ClN7/c1-3-21-28-27-17-30(21)14-11-25-22(24-4-2)26-15-18-9-12-29(13-10-18)16-19-7-5-6-8-20(19)23/h5-8,17-18H,3-4,9-16H2,1-2H3,(H2,24,25,26). The van der Waals surface area contributed by atoms with Crippen molar-refractivity contribution < 1.29 is 0 Å². The van der Waals surface area contributed by atoms with Gasteiger partial charge in [0.2, 0.25) is 0 Å². The predicted molar refractivity (Wildman–Crippen MR) is 123 cm³/mol. The molecule has 1 saturated heterocycles. The summed E-state index contributed by atoms with van der Waals surface area (Å²) < 4.78 is 2.09. The monoisotopic (exact) mass is 431 g/mol. The van der Waals surface area contributed by atoms with Gasteiger partial charge in [-0.05, 0) is 50.4 Å². The molecule has 0 radical (unpaired) electrons. The molecule has 2 N–H and O–H groups in total. The molecule has 0 atom stereocenters. The summed E-state index contributed by atoms with van der Waals surface area (Å²) in [5, 5.41) is 15.8. The van der Waals surface area contributed by atoms with Crippen LogP contribution < -0.4 is 10.6 Å². The number of halogens is 1. The van der Waals surface area contributed by atoms with Gasteiger partial charge in [-0.3, -0.25) is 9.89 Å². The van der Waals surface area contributed by atoms with Gasteiger partial charge in [-0.25, -0.2) is 0 Å². The van der Waals surface area contributed by atoms with Crippen molar-refractivity contribution >= 4 is 17.6 Å². The van der Waals surface area contributed by atoms with Crippen LogP contribution in [0.2, 0.25) is 5.02 Å². The highest BCUT2D eigenvalue weighted by Gasteiger charge is 2.19. The van der Waals surface area contributed by atoms with E-state index in [1.807, 2.05) is 12.1 Å². The summed E-state index contributed by atoms with van der Waals surface area (Å²) in [5.41, 5.74) is 1.22. The summed E-state index contributed by atoms with van der Waals surface area (Å²) in [6.45, 7) is 10.7. The highest BCUT2D eigenvalue weighted by molar-refractivity contribution is 6.31. The molecule has 2 heterocycles. The number of guanidine groups is 1. The second-order valence-electron chi connectivity index (χ2n) is 7.75. The first kappa shape index (κ1) is 22.6. The van der Waals surface area contributed by atoms with Crippen LogP contribution in [0.5, 0.6) is 0 Å². The summed E-state index contributed by atoms with van der Waals surface area (Å²) in [6.07, 6.45) is 5.03. The zero-order valence-corrected chi connectivity index (χ0v) is 18.9. The number of hydrogen-bond acceptors (Lipinski definition) is 4. The lowest BCUT2D eigenvalue weighted by atomic mass is 9.96. The second-order valence-corrected chi connectivity index (χ2v) is 8.16. The van der Waals surface area contributed by atoms with Crippen LogP contribution >= 0.6 is 11.6 Å². The number of likely N-dealkylation sites (tertiary alicyclic amines) is 1. The number of rotatable bonds is 9. The highest BCUT2D eigenvalue weighted by Crippen LogP contribution is 2.22. The van der Waals surface area contributed by atoms with Crippen LogP contribution in [-0.2, 0) is 19.5 Å². The lowest BCUT2D eigenvalue weighted by molar-refractivity contribution is 0.180. The second kappa shape index (κ2) is 11.9. The molecule has 1 aromatic carbocycles. The fourth-order valence-corrected chi connectivity index (χ4v) is 3.99. The number of piperidine rings is 1. The number of benzene rings is 1. The van der Waals surface area contributed by atoms with Gasteiger partial charge in [-0.1, -0.05) is 36.7 Å². The number of aromatic nitrogens is 3. The van der Waals surface area contributed by atoms with Gasteiger partial charge in [-0.15, -0.1) is 10.2 Å². The molecule has 2 aromatic rings. The Bertz CT molecular complexity index is 796. The first-order valence-electron chi connectivity index (χ1n) is 11.0. The third-order valence-corrected chi connectivity index (χ3v) is 5.94. The van der Waals surface area contributed by atoms with Crippen LogP contribution in [0.15, 0.2) is 35.6 Å². The molecule has 0 saturated carbocycles. The maximum absolute atomic E-state index is 6.31. The molecule has 3 rings (SSSR count). The van der Waals surface area contributed by atoms with Crippen molar-refractivity contribution in [2.24, 2.45) is 10.9 Å². The van der Waals surface area contributed by atoms with Crippen LogP contribution in [0.1, 0.15) is 38.1 Å². The van der Waals surface area contributed by atoms with Crippen molar-refractivity contribution in [2.45, 2.75) is 46.2 Å². The van der Waals surface area contributed by atoms with Crippen molar-refractivity contribution in [1.82, 2.24) is 30.3 Å². The summed E-state index contributed by atoms with van der Waals surface area (Å²) in [7, 11) is 0. The van der Waals surface area contributed by atoms with Gasteiger partial charge >= 0.3 is 0 Å². The fraction of sp³-hybridized carbons (Fsp3) is 0.591. The first-order chi connectivity index (χ1) is 14.7. The minimum absolute atomic E-state index is 0.632. The van der Waals surface area contributed by atoms with Gasteiger partial charge in [0.1, 0.15) is 12.2 Å². The smallest absolute Gasteiger partial charge is 0.191 e. The van der Waals surface area contributed by atoms with E-state index in [0.29, 0.717) is 5.92 Å². The largest absolute Gasteiger partial charge is 0.357 e. The van der Waals surface area contributed by atoms with Crippen molar-refractivity contribution in [3.05, 3.63) is 47.0 Å². The molecule has 8 heteroatoms. The third-order valence-electron chi connectivity index (χ3n) is 5.57. The SMILES string of the molecule is CCNC(=NCC1CCN(Cc2ccccc2Cl)CC1)NCCn1cnnc1CC. The molecule has 0 unspecified atom stereocenters. The molecule has 1 aliphatic heterocycles. The number of aryl methyl sites for hydroxylation is 1. The van der Waals surface area contributed by atoms with Crippen molar-refractivity contribution in [3.63, 3.8) is 0 Å². The van der Waals surface area contributed by atoms with Gasteiger partial charge in [0.05, 0.1) is 0 Å². The van der Waals surface area contributed by atoms with E-state index in [1.165, 1.54) is 18.4 Å². The van der Waals surface area contributed by atoms with E-state index in [0.717, 1.165) is 69.0 Å². The zero-order chi connectivity index (χ0) is 21.2. The Balaban J connectivity index is 1.42. The van der Waals surface area contributed by atoms with Gasteiger partial charge < -0.3 is 15.2 Å². The number of hydrogen-bond donors (Lipinski definition) is 2. The van der Waals surface area contributed by atoms with Crippen LogP contribution in [-0.4, -0.2) is 58.3 Å². The Morgan fingerprint density at radius 2 is 2.00 bits per heavy atom. The maximum Gasteiger partial charge on any atom is 0.191 e. The minimum Gasteiger partial charge on any atom is -0.357 e. The highest BCUT2D eigenvalue weighted by atomic mass is 35.5. The van der Waals surface area contributed by atoms with E-state index >= 15 is 0 Å². The van der Waals surface area contributed by atoms with E-state index in [2.05, 4.69) is 56.3 Å². The Morgan fingerprint density at radius 3 is 2.73 bits per heavy atom. The van der Waals surface area contributed by atoms with Crippen molar-refractivity contribution in [2.75, 3.05) is 32.7 Å². The van der Waals surface area contributed by atoms with Gasteiger partial charge in [0.25, 0.3) is 0 Å². The molecule has 1 aromatic heterocycles. The Hall–Kier alpha value is -2.12. The van der Waals surface area contributed by atoms with Crippen LogP contribution in [0.3, 0.4) is 0 Å².